The topological polar surface area (TPSA) is 26.3 Å². The first-order chi connectivity index (χ1) is 4.81. The van der Waals surface area contributed by atoms with Gasteiger partial charge in [0.2, 0.25) is 0 Å². The summed E-state index contributed by atoms with van der Waals surface area (Å²) in [5.74, 6) is -0.206. The van der Waals surface area contributed by atoms with Crippen LogP contribution < -0.4 is 0 Å². The van der Waals surface area contributed by atoms with Crippen LogP contribution in [0.25, 0.3) is 0 Å². The van der Waals surface area contributed by atoms with Crippen molar-refractivity contribution in [3.63, 3.8) is 0 Å². The van der Waals surface area contributed by atoms with E-state index in [1.807, 2.05) is 0 Å². The molecule has 0 aliphatic heterocycles. The first kappa shape index (κ1) is 11.7. The van der Waals surface area contributed by atoms with Gasteiger partial charge in [-0.15, -0.1) is 19.7 Å². The number of hydrogen-bond donors (Lipinski definition) is 0. The molecule has 0 bridgehead atoms. The van der Waals surface area contributed by atoms with Crippen LogP contribution in [-0.4, -0.2) is 12.6 Å². The third-order valence-corrected chi connectivity index (χ3v) is 0.616. The van der Waals surface area contributed by atoms with Crippen molar-refractivity contribution in [2.45, 2.75) is 13.3 Å². The van der Waals surface area contributed by atoms with E-state index >= 15 is 0 Å². The van der Waals surface area contributed by atoms with Gasteiger partial charge in [-0.25, -0.2) is 0 Å². The lowest BCUT2D eigenvalue weighted by Gasteiger charge is -1.94. The van der Waals surface area contributed by atoms with E-state index in [1.165, 1.54) is 6.08 Å². The molecule has 0 saturated heterocycles. The van der Waals surface area contributed by atoms with Gasteiger partial charge in [-0.1, -0.05) is 6.08 Å². The van der Waals surface area contributed by atoms with Crippen molar-refractivity contribution in [2.75, 3.05) is 6.61 Å². The first-order valence-electron chi connectivity index (χ1n) is 3.07. The highest BCUT2D eigenvalue weighted by Crippen LogP contribution is 1.84. The van der Waals surface area contributed by atoms with E-state index in [0.717, 1.165) is 0 Å². The van der Waals surface area contributed by atoms with E-state index in [9.17, 15) is 4.79 Å². The number of rotatable bonds is 3. The summed E-state index contributed by atoms with van der Waals surface area (Å²) in [7, 11) is 0. The Kier molecular flexibility index (Phi) is 12.7. The maximum Gasteiger partial charge on any atom is 0.309 e. The van der Waals surface area contributed by atoms with E-state index in [1.54, 1.807) is 6.92 Å². The van der Waals surface area contributed by atoms with Gasteiger partial charge >= 0.3 is 5.97 Å². The van der Waals surface area contributed by atoms with Gasteiger partial charge in [0.05, 0.1) is 13.0 Å². The van der Waals surface area contributed by atoms with Crippen LogP contribution in [0.3, 0.4) is 0 Å². The van der Waals surface area contributed by atoms with Gasteiger partial charge in [0.25, 0.3) is 0 Å². The molecule has 2 heteroatoms. The zero-order valence-corrected chi connectivity index (χ0v) is 6.43. The molecule has 0 aromatic rings. The molecule has 58 valence electrons. The molecule has 0 amide bonds. The molecule has 0 aromatic carbocycles. The van der Waals surface area contributed by atoms with Crippen molar-refractivity contribution in [3.05, 3.63) is 25.8 Å². The van der Waals surface area contributed by atoms with Gasteiger partial charge < -0.3 is 4.74 Å². The van der Waals surface area contributed by atoms with E-state index in [4.69, 9.17) is 0 Å². The number of ether oxygens (including phenoxy) is 1. The molecule has 0 saturated carbocycles. The molecule has 10 heavy (non-hydrogen) atoms. The summed E-state index contributed by atoms with van der Waals surface area (Å²) in [5, 5.41) is 0. The smallest absolute Gasteiger partial charge is 0.309 e. The van der Waals surface area contributed by atoms with Crippen LogP contribution in [0.1, 0.15) is 13.3 Å². The predicted octanol–water partition coefficient (Wildman–Crippen LogP) is 1.93. The lowest BCUT2D eigenvalue weighted by Crippen LogP contribution is -2.00. The highest BCUT2D eigenvalue weighted by atomic mass is 16.5. The molecule has 0 aromatic heterocycles. The molecule has 0 spiro atoms. The normalized spacial score (nSPS) is 6.90. The third kappa shape index (κ3) is 10.0. The SMILES string of the molecule is C=C.C=CCC(=O)OCC. The third-order valence-electron chi connectivity index (χ3n) is 0.616. The standard InChI is InChI=1S/C6H10O2.C2H4/c1-3-5-6(7)8-4-2;1-2/h3H,1,4-5H2,2H3;1-2H2. The molecule has 0 heterocycles. The molecule has 0 aliphatic rings. The minimum Gasteiger partial charge on any atom is -0.466 e. The molecule has 0 N–H and O–H groups in total. The molecule has 0 atom stereocenters. The van der Waals surface area contributed by atoms with Crippen LogP contribution in [0.4, 0.5) is 0 Å². The van der Waals surface area contributed by atoms with Crippen molar-refractivity contribution >= 4 is 5.97 Å². The van der Waals surface area contributed by atoms with Crippen molar-refractivity contribution < 1.29 is 9.53 Å². The second kappa shape index (κ2) is 10.8. The van der Waals surface area contributed by atoms with Crippen LogP contribution in [0.15, 0.2) is 25.8 Å². The van der Waals surface area contributed by atoms with Gasteiger partial charge in [0.1, 0.15) is 0 Å². The van der Waals surface area contributed by atoms with E-state index in [0.29, 0.717) is 13.0 Å². The van der Waals surface area contributed by atoms with Crippen LogP contribution >= 0.6 is 0 Å². The predicted molar refractivity (Wildman–Crippen MR) is 42.7 cm³/mol. The fourth-order valence-corrected chi connectivity index (χ4v) is 0.338. The van der Waals surface area contributed by atoms with Gasteiger partial charge in [0, 0.05) is 0 Å². The molecule has 2 nitrogen and oxygen atoms in total. The quantitative estimate of drug-likeness (QED) is 0.444. The van der Waals surface area contributed by atoms with Gasteiger partial charge in [-0.05, 0) is 6.92 Å². The fraction of sp³-hybridized carbons (Fsp3) is 0.375. The average Bonchev–Trinajstić information content (AvgIpc) is 1.93. The second-order valence-electron chi connectivity index (χ2n) is 1.30. The van der Waals surface area contributed by atoms with Crippen LogP contribution in [0.2, 0.25) is 0 Å². The molecule has 0 aliphatic carbocycles. The summed E-state index contributed by atoms with van der Waals surface area (Å²) in [4.78, 5) is 10.3. The number of carbonyl (C=O) groups is 1. The van der Waals surface area contributed by atoms with Gasteiger partial charge in [0.15, 0.2) is 0 Å². The Morgan fingerprint density at radius 3 is 2.40 bits per heavy atom. The Hall–Kier alpha value is -1.05. The maximum absolute atomic E-state index is 10.3. The second-order valence-corrected chi connectivity index (χ2v) is 1.30. The summed E-state index contributed by atoms with van der Waals surface area (Å²) >= 11 is 0. The molecule has 0 rings (SSSR count). The number of hydrogen-bond acceptors (Lipinski definition) is 2. The number of esters is 1. The maximum atomic E-state index is 10.3. The van der Waals surface area contributed by atoms with E-state index in [2.05, 4.69) is 24.5 Å². The molecule has 0 unspecified atom stereocenters. The lowest BCUT2D eigenvalue weighted by atomic mass is 10.4. The largest absolute Gasteiger partial charge is 0.466 e. The Morgan fingerprint density at radius 1 is 1.60 bits per heavy atom. The van der Waals surface area contributed by atoms with Crippen molar-refractivity contribution in [2.24, 2.45) is 0 Å². The summed E-state index contributed by atoms with van der Waals surface area (Å²) < 4.78 is 4.57. The van der Waals surface area contributed by atoms with Crippen LogP contribution in [-0.2, 0) is 9.53 Å². The lowest BCUT2D eigenvalue weighted by molar-refractivity contribution is -0.142. The molecule has 0 fully saturated rings. The summed E-state index contributed by atoms with van der Waals surface area (Å²) in [6.07, 6.45) is 1.84. The summed E-state index contributed by atoms with van der Waals surface area (Å²) in [6, 6.07) is 0. The number of carbonyl (C=O) groups excluding carboxylic acids is 1. The molecular formula is C8H14O2. The molecular weight excluding hydrogens is 128 g/mol. The first-order valence-corrected chi connectivity index (χ1v) is 3.07. The zero-order chi connectivity index (χ0) is 8.41. The van der Waals surface area contributed by atoms with Crippen molar-refractivity contribution in [1.29, 1.82) is 0 Å². The van der Waals surface area contributed by atoms with E-state index in [-0.39, 0.29) is 5.97 Å². The zero-order valence-electron chi connectivity index (χ0n) is 6.43. The van der Waals surface area contributed by atoms with Crippen LogP contribution in [0, 0.1) is 0 Å². The average molecular weight is 142 g/mol. The minimum absolute atomic E-state index is 0.206. The summed E-state index contributed by atoms with van der Waals surface area (Å²) in [6.45, 7) is 11.6. The van der Waals surface area contributed by atoms with Crippen molar-refractivity contribution in [1.82, 2.24) is 0 Å². The Bertz CT molecular complexity index is 97.4. The monoisotopic (exact) mass is 142 g/mol. The molecule has 0 radical (unpaired) electrons. The van der Waals surface area contributed by atoms with Gasteiger partial charge in [-0.2, -0.15) is 0 Å². The Balaban J connectivity index is 0. The fourth-order valence-electron chi connectivity index (χ4n) is 0.338. The highest BCUT2D eigenvalue weighted by Gasteiger charge is 1.93. The summed E-state index contributed by atoms with van der Waals surface area (Å²) in [5.41, 5.74) is 0. The Labute approximate surface area is 62.2 Å². The highest BCUT2D eigenvalue weighted by molar-refractivity contribution is 5.70. The van der Waals surface area contributed by atoms with E-state index < -0.39 is 0 Å². The van der Waals surface area contributed by atoms with Gasteiger partial charge in [-0.3, -0.25) is 4.79 Å². The van der Waals surface area contributed by atoms with Crippen LogP contribution in [0.5, 0.6) is 0 Å². The Morgan fingerprint density at radius 2 is 2.10 bits per heavy atom. The van der Waals surface area contributed by atoms with Crippen molar-refractivity contribution in [3.8, 4) is 0 Å². The minimum atomic E-state index is -0.206.